The molecule has 0 radical (unpaired) electrons. The first kappa shape index (κ1) is 18.3. The Morgan fingerprint density at radius 1 is 1.07 bits per heavy atom. The van der Waals surface area contributed by atoms with E-state index >= 15 is 0 Å². The van der Waals surface area contributed by atoms with Crippen LogP contribution in [0, 0.1) is 10.1 Å². The molecule has 0 spiro atoms. The molecule has 3 rings (SSSR count). The van der Waals surface area contributed by atoms with E-state index < -0.39 is 10.8 Å². The number of carbonyl (C=O) groups is 1. The third kappa shape index (κ3) is 3.87. The zero-order valence-electron chi connectivity index (χ0n) is 15.2. The SMILES string of the molecule is CC(C)(C)c1cc(=O)[nH]c2cc(NC(=O)c3ccc([N+](=O)[O-])cc3)ccc12. The number of nitrogens with one attached hydrogen (secondary N) is 2. The largest absolute Gasteiger partial charge is 0.322 e. The number of hydrogen-bond acceptors (Lipinski definition) is 4. The molecule has 1 heterocycles. The Morgan fingerprint density at radius 2 is 1.74 bits per heavy atom. The normalized spacial score (nSPS) is 11.4. The highest BCUT2D eigenvalue weighted by atomic mass is 16.6. The molecular weight excluding hydrogens is 346 g/mol. The van der Waals surface area contributed by atoms with Crippen LogP contribution in [0.3, 0.4) is 0 Å². The van der Waals surface area contributed by atoms with Crippen molar-refractivity contribution in [3.8, 4) is 0 Å². The van der Waals surface area contributed by atoms with Gasteiger partial charge in [-0.25, -0.2) is 0 Å². The number of anilines is 1. The summed E-state index contributed by atoms with van der Waals surface area (Å²) in [5, 5.41) is 14.4. The number of nitrogens with zero attached hydrogens (tertiary/aromatic N) is 1. The predicted octanol–water partition coefficient (Wildman–Crippen LogP) is 3.99. The van der Waals surface area contributed by atoms with Crippen LogP contribution in [-0.4, -0.2) is 15.8 Å². The third-order valence-corrected chi connectivity index (χ3v) is 4.25. The molecule has 0 saturated heterocycles. The van der Waals surface area contributed by atoms with E-state index in [0.717, 1.165) is 10.9 Å². The molecule has 0 saturated carbocycles. The van der Waals surface area contributed by atoms with E-state index in [1.54, 1.807) is 18.2 Å². The van der Waals surface area contributed by atoms with Crippen LogP contribution in [-0.2, 0) is 5.41 Å². The maximum atomic E-state index is 12.4. The monoisotopic (exact) mass is 365 g/mol. The van der Waals surface area contributed by atoms with Crippen LogP contribution < -0.4 is 10.9 Å². The molecule has 27 heavy (non-hydrogen) atoms. The van der Waals surface area contributed by atoms with Crippen molar-refractivity contribution in [2.24, 2.45) is 0 Å². The van der Waals surface area contributed by atoms with Crippen molar-refractivity contribution in [2.75, 3.05) is 5.32 Å². The second kappa shape index (κ2) is 6.68. The lowest BCUT2D eigenvalue weighted by Gasteiger charge is -2.21. The van der Waals surface area contributed by atoms with Gasteiger partial charge in [0.25, 0.3) is 11.6 Å². The summed E-state index contributed by atoms with van der Waals surface area (Å²) in [6.07, 6.45) is 0. The first-order valence-corrected chi connectivity index (χ1v) is 8.38. The van der Waals surface area contributed by atoms with Gasteiger partial charge in [0.15, 0.2) is 0 Å². The van der Waals surface area contributed by atoms with Crippen LogP contribution in [0.1, 0.15) is 36.7 Å². The molecule has 0 aliphatic heterocycles. The standard InChI is InChI=1S/C20H19N3O4/c1-20(2,3)16-11-18(24)22-17-10-13(6-9-15(16)17)21-19(25)12-4-7-14(8-5-12)23(26)27/h4-11H,1-3H3,(H,21,25)(H,22,24). The Kier molecular flexibility index (Phi) is 4.53. The number of aromatic amines is 1. The molecule has 0 atom stereocenters. The van der Waals surface area contributed by atoms with Gasteiger partial charge in [-0.2, -0.15) is 0 Å². The average molecular weight is 365 g/mol. The van der Waals surface area contributed by atoms with Gasteiger partial charge in [-0.05, 0) is 35.2 Å². The van der Waals surface area contributed by atoms with E-state index in [-0.39, 0.29) is 16.7 Å². The van der Waals surface area contributed by atoms with Gasteiger partial charge in [-0.1, -0.05) is 26.8 Å². The number of nitro benzene ring substituents is 1. The van der Waals surface area contributed by atoms with Gasteiger partial charge in [0.1, 0.15) is 0 Å². The Balaban J connectivity index is 1.92. The predicted molar refractivity (Wildman–Crippen MR) is 104 cm³/mol. The number of H-pyrrole nitrogens is 1. The van der Waals surface area contributed by atoms with E-state index in [0.29, 0.717) is 16.8 Å². The first-order chi connectivity index (χ1) is 12.6. The Labute approximate surface area is 155 Å². The molecule has 7 nitrogen and oxygen atoms in total. The lowest BCUT2D eigenvalue weighted by Crippen LogP contribution is -2.17. The number of rotatable bonds is 3. The number of aromatic nitrogens is 1. The highest BCUT2D eigenvalue weighted by Crippen LogP contribution is 2.29. The summed E-state index contributed by atoms with van der Waals surface area (Å²) in [4.78, 5) is 37.3. The number of benzene rings is 2. The van der Waals surface area contributed by atoms with Gasteiger partial charge < -0.3 is 10.3 Å². The third-order valence-electron chi connectivity index (χ3n) is 4.25. The maximum Gasteiger partial charge on any atom is 0.269 e. The molecule has 138 valence electrons. The summed E-state index contributed by atoms with van der Waals surface area (Å²) in [7, 11) is 0. The topological polar surface area (TPSA) is 105 Å². The number of carbonyl (C=O) groups excluding carboxylic acids is 1. The number of nitro groups is 1. The van der Waals surface area contributed by atoms with Crippen LogP contribution in [0.25, 0.3) is 10.9 Å². The Hall–Kier alpha value is -3.48. The summed E-state index contributed by atoms with van der Waals surface area (Å²) < 4.78 is 0. The van der Waals surface area contributed by atoms with Gasteiger partial charge in [0.05, 0.1) is 10.4 Å². The Morgan fingerprint density at radius 3 is 2.33 bits per heavy atom. The lowest BCUT2D eigenvalue weighted by atomic mass is 9.85. The fourth-order valence-corrected chi connectivity index (χ4v) is 2.90. The molecule has 0 bridgehead atoms. The highest BCUT2D eigenvalue weighted by molar-refractivity contribution is 6.05. The van der Waals surface area contributed by atoms with E-state index in [2.05, 4.69) is 10.3 Å². The fourth-order valence-electron chi connectivity index (χ4n) is 2.90. The van der Waals surface area contributed by atoms with Crippen molar-refractivity contribution in [2.45, 2.75) is 26.2 Å². The summed E-state index contributed by atoms with van der Waals surface area (Å²) in [5.41, 5.74) is 1.90. The number of non-ortho nitro benzene ring substituents is 1. The van der Waals surface area contributed by atoms with Gasteiger partial charge in [-0.15, -0.1) is 0 Å². The zero-order valence-corrected chi connectivity index (χ0v) is 15.2. The number of pyridine rings is 1. The summed E-state index contributed by atoms with van der Waals surface area (Å²) >= 11 is 0. The first-order valence-electron chi connectivity index (χ1n) is 8.38. The molecule has 2 aromatic carbocycles. The second-order valence-corrected chi connectivity index (χ2v) is 7.32. The van der Waals surface area contributed by atoms with Gasteiger partial charge in [0.2, 0.25) is 5.56 Å². The van der Waals surface area contributed by atoms with Crippen molar-refractivity contribution in [1.82, 2.24) is 4.98 Å². The number of fused-ring (bicyclic) bond motifs is 1. The van der Waals surface area contributed by atoms with Gasteiger partial charge in [-0.3, -0.25) is 19.7 Å². The fraction of sp³-hybridized carbons (Fsp3) is 0.200. The van der Waals surface area contributed by atoms with Crippen molar-refractivity contribution in [1.29, 1.82) is 0 Å². The molecule has 7 heteroatoms. The number of hydrogen-bond donors (Lipinski definition) is 2. The van der Waals surface area contributed by atoms with E-state index in [9.17, 15) is 19.7 Å². The quantitative estimate of drug-likeness (QED) is 0.541. The molecule has 0 unspecified atom stereocenters. The van der Waals surface area contributed by atoms with Crippen LogP contribution in [0.2, 0.25) is 0 Å². The van der Waals surface area contributed by atoms with Gasteiger partial charge >= 0.3 is 0 Å². The highest BCUT2D eigenvalue weighted by Gasteiger charge is 2.18. The maximum absolute atomic E-state index is 12.4. The molecule has 2 N–H and O–H groups in total. The smallest absolute Gasteiger partial charge is 0.269 e. The molecular formula is C20H19N3O4. The van der Waals surface area contributed by atoms with E-state index in [1.165, 1.54) is 24.3 Å². The molecule has 3 aromatic rings. The summed E-state index contributed by atoms with van der Waals surface area (Å²) in [5.74, 6) is -0.390. The van der Waals surface area contributed by atoms with Crippen molar-refractivity contribution in [3.63, 3.8) is 0 Å². The van der Waals surface area contributed by atoms with Gasteiger partial charge in [0, 0.05) is 34.8 Å². The van der Waals surface area contributed by atoms with Crippen molar-refractivity contribution >= 4 is 28.2 Å². The minimum Gasteiger partial charge on any atom is -0.322 e. The summed E-state index contributed by atoms with van der Waals surface area (Å²) in [6, 6.07) is 12.3. The van der Waals surface area contributed by atoms with E-state index in [4.69, 9.17) is 0 Å². The molecule has 1 amide bonds. The van der Waals surface area contributed by atoms with Crippen LogP contribution in [0.15, 0.2) is 53.3 Å². The molecule has 0 fully saturated rings. The zero-order chi connectivity index (χ0) is 19.8. The van der Waals surface area contributed by atoms with Crippen molar-refractivity contribution in [3.05, 3.63) is 80.1 Å². The minimum atomic E-state index is -0.520. The molecule has 0 aliphatic rings. The lowest BCUT2D eigenvalue weighted by molar-refractivity contribution is -0.384. The molecule has 1 aromatic heterocycles. The minimum absolute atomic E-state index is 0.0791. The average Bonchev–Trinajstić information content (AvgIpc) is 2.60. The number of amides is 1. The molecule has 0 aliphatic carbocycles. The van der Waals surface area contributed by atoms with E-state index in [1.807, 2.05) is 26.8 Å². The Bertz CT molecular complexity index is 1090. The van der Waals surface area contributed by atoms with Crippen molar-refractivity contribution < 1.29 is 9.72 Å². The second-order valence-electron chi connectivity index (χ2n) is 7.32. The van der Waals surface area contributed by atoms with Crippen LogP contribution in [0.4, 0.5) is 11.4 Å². The van der Waals surface area contributed by atoms with Crippen LogP contribution in [0.5, 0.6) is 0 Å². The van der Waals surface area contributed by atoms with Crippen LogP contribution >= 0.6 is 0 Å². The summed E-state index contributed by atoms with van der Waals surface area (Å²) in [6.45, 7) is 6.10.